The van der Waals surface area contributed by atoms with Crippen LogP contribution in [0.1, 0.15) is 36.5 Å². The lowest BCUT2D eigenvalue weighted by Crippen LogP contribution is -2.42. The molecule has 128 valence electrons. The maximum Gasteiger partial charge on any atom is 0.264 e. The van der Waals surface area contributed by atoms with E-state index in [2.05, 4.69) is 0 Å². The van der Waals surface area contributed by atoms with Crippen molar-refractivity contribution in [2.75, 3.05) is 12.8 Å². The van der Waals surface area contributed by atoms with Gasteiger partial charge in [0, 0.05) is 18.2 Å². The van der Waals surface area contributed by atoms with Gasteiger partial charge in [0.2, 0.25) is 20.0 Å². The summed E-state index contributed by atoms with van der Waals surface area (Å²) in [5.41, 5.74) is -0.0128. The van der Waals surface area contributed by atoms with E-state index in [1.165, 1.54) is 28.6 Å². The van der Waals surface area contributed by atoms with Gasteiger partial charge in [0.1, 0.15) is 0 Å². The van der Waals surface area contributed by atoms with E-state index in [4.69, 9.17) is 0 Å². The van der Waals surface area contributed by atoms with Crippen molar-refractivity contribution in [3.8, 4) is 0 Å². The second kappa shape index (κ2) is 6.58. The maximum atomic E-state index is 12.7. The first kappa shape index (κ1) is 17.9. The lowest BCUT2D eigenvalue weighted by molar-refractivity contribution is 0.0981. The Morgan fingerprint density at radius 3 is 2.52 bits per heavy atom. The highest BCUT2D eigenvalue weighted by Gasteiger charge is 2.31. The normalized spacial score (nSPS) is 20.2. The number of hydrogen-bond acceptors (Lipinski definition) is 5. The van der Waals surface area contributed by atoms with E-state index in [1.807, 2.05) is 11.6 Å². The Labute approximate surface area is 136 Å². The van der Waals surface area contributed by atoms with Gasteiger partial charge in [-0.25, -0.2) is 21.6 Å². The van der Waals surface area contributed by atoms with Crippen molar-refractivity contribution in [3.05, 3.63) is 29.8 Å². The highest BCUT2D eigenvalue weighted by Crippen LogP contribution is 2.25. The predicted molar refractivity (Wildman–Crippen MR) is 86.0 cm³/mol. The van der Waals surface area contributed by atoms with Gasteiger partial charge >= 0.3 is 0 Å². The van der Waals surface area contributed by atoms with Gasteiger partial charge in [0.05, 0.1) is 11.2 Å². The van der Waals surface area contributed by atoms with E-state index >= 15 is 0 Å². The molecule has 1 heterocycles. The van der Waals surface area contributed by atoms with Crippen molar-refractivity contribution in [1.29, 1.82) is 0 Å². The average Bonchev–Trinajstić information content (AvgIpc) is 2.46. The molecule has 0 aliphatic carbocycles. The first-order valence-electron chi connectivity index (χ1n) is 7.25. The third kappa shape index (κ3) is 4.30. The Kier molecular flexibility index (Phi) is 5.12. The second-order valence-corrected chi connectivity index (χ2v) is 9.33. The number of nitrogens with one attached hydrogen (secondary N) is 1. The topological polar surface area (TPSA) is 101 Å². The minimum atomic E-state index is -3.71. The quantitative estimate of drug-likeness (QED) is 0.861. The van der Waals surface area contributed by atoms with Crippen molar-refractivity contribution in [3.63, 3.8) is 0 Å². The molecule has 1 aromatic carbocycles. The largest absolute Gasteiger partial charge is 0.268 e. The number of piperidine rings is 1. The summed E-state index contributed by atoms with van der Waals surface area (Å²) >= 11 is 0. The molecule has 23 heavy (non-hydrogen) atoms. The summed E-state index contributed by atoms with van der Waals surface area (Å²) < 4.78 is 51.0. The molecule has 0 bridgehead atoms. The summed E-state index contributed by atoms with van der Waals surface area (Å²) in [5, 5.41) is 0. The molecular weight excluding hydrogens is 340 g/mol. The minimum Gasteiger partial charge on any atom is -0.268 e. The molecule has 1 aliphatic heterocycles. The van der Waals surface area contributed by atoms with Crippen LogP contribution in [0.25, 0.3) is 0 Å². The number of hydrogen-bond donors (Lipinski definition) is 1. The van der Waals surface area contributed by atoms with Crippen LogP contribution in [-0.4, -0.2) is 45.9 Å². The zero-order valence-corrected chi connectivity index (χ0v) is 14.7. The summed E-state index contributed by atoms with van der Waals surface area (Å²) in [7, 11) is -7.42. The number of amides is 1. The molecule has 0 radical (unpaired) electrons. The number of nitrogens with zero attached hydrogens (tertiary/aromatic N) is 1. The fraction of sp³-hybridized carbons (Fsp3) is 0.500. The van der Waals surface area contributed by atoms with Crippen LogP contribution < -0.4 is 4.72 Å². The van der Waals surface area contributed by atoms with E-state index in [1.54, 1.807) is 0 Å². The van der Waals surface area contributed by atoms with Crippen molar-refractivity contribution < 1.29 is 21.6 Å². The van der Waals surface area contributed by atoms with Gasteiger partial charge in [-0.15, -0.1) is 0 Å². The molecule has 1 N–H and O–H groups in total. The molecule has 1 unspecified atom stereocenters. The number of rotatable bonds is 4. The summed E-state index contributed by atoms with van der Waals surface area (Å²) in [6.45, 7) is 2.31. The molecular formula is C14H20N2O5S2. The van der Waals surface area contributed by atoms with Crippen LogP contribution >= 0.6 is 0 Å². The van der Waals surface area contributed by atoms with Crippen LogP contribution in [0.2, 0.25) is 0 Å². The Balaban J connectivity index is 2.33. The third-order valence-electron chi connectivity index (χ3n) is 3.72. The average molecular weight is 360 g/mol. The molecule has 7 nitrogen and oxygen atoms in total. The monoisotopic (exact) mass is 360 g/mol. The fourth-order valence-electron chi connectivity index (χ4n) is 2.59. The Hall–Kier alpha value is -1.45. The van der Waals surface area contributed by atoms with E-state index < -0.39 is 26.0 Å². The van der Waals surface area contributed by atoms with Gasteiger partial charge in [0.25, 0.3) is 5.91 Å². The van der Waals surface area contributed by atoms with Gasteiger partial charge in [0.15, 0.2) is 0 Å². The van der Waals surface area contributed by atoms with Crippen LogP contribution in [0, 0.1) is 0 Å². The van der Waals surface area contributed by atoms with Crippen LogP contribution in [-0.2, 0) is 20.0 Å². The standard InChI is InChI=1S/C14H20N2O5S2/c1-11-6-3-4-9-16(11)23(20,21)13-8-5-7-12(10-13)14(17)15-22(2,18)19/h5,7-8,10-11H,3-4,6,9H2,1-2H3,(H,15,17). The van der Waals surface area contributed by atoms with Crippen molar-refractivity contribution in [2.24, 2.45) is 0 Å². The van der Waals surface area contributed by atoms with Crippen molar-refractivity contribution >= 4 is 26.0 Å². The number of carbonyl (C=O) groups excluding carboxylic acids is 1. The maximum absolute atomic E-state index is 12.7. The van der Waals surface area contributed by atoms with Crippen LogP contribution in [0.5, 0.6) is 0 Å². The molecule has 1 amide bonds. The lowest BCUT2D eigenvalue weighted by Gasteiger charge is -2.32. The van der Waals surface area contributed by atoms with Crippen LogP contribution in [0.4, 0.5) is 0 Å². The molecule has 1 aliphatic rings. The third-order valence-corrected chi connectivity index (χ3v) is 6.29. The molecule has 2 rings (SSSR count). The first-order chi connectivity index (χ1) is 10.6. The zero-order valence-electron chi connectivity index (χ0n) is 13.0. The summed E-state index contributed by atoms with van der Waals surface area (Å²) in [6.07, 6.45) is 3.45. The summed E-state index contributed by atoms with van der Waals surface area (Å²) in [6, 6.07) is 5.32. The summed E-state index contributed by atoms with van der Waals surface area (Å²) in [5.74, 6) is -0.851. The fourth-order valence-corrected chi connectivity index (χ4v) is 4.79. The second-order valence-electron chi connectivity index (χ2n) is 5.69. The highest BCUT2D eigenvalue weighted by atomic mass is 32.2. The first-order valence-corrected chi connectivity index (χ1v) is 10.6. The van der Waals surface area contributed by atoms with Gasteiger partial charge in [-0.2, -0.15) is 4.31 Å². The minimum absolute atomic E-state index is 0.00704. The molecule has 0 saturated carbocycles. The molecule has 1 saturated heterocycles. The molecule has 1 aromatic rings. The van der Waals surface area contributed by atoms with Crippen LogP contribution in [0.15, 0.2) is 29.2 Å². The number of carbonyl (C=O) groups is 1. The molecule has 0 aromatic heterocycles. The molecule has 1 atom stereocenters. The molecule has 1 fully saturated rings. The highest BCUT2D eigenvalue weighted by molar-refractivity contribution is 7.89. The number of benzene rings is 1. The Morgan fingerprint density at radius 1 is 1.22 bits per heavy atom. The summed E-state index contributed by atoms with van der Waals surface area (Å²) in [4.78, 5) is 11.9. The smallest absolute Gasteiger partial charge is 0.264 e. The van der Waals surface area contributed by atoms with Crippen molar-refractivity contribution in [2.45, 2.75) is 37.1 Å². The Bertz CT molecular complexity index is 802. The predicted octanol–water partition coefficient (Wildman–Crippen LogP) is 0.939. The SMILES string of the molecule is CC1CCCCN1S(=O)(=O)c1cccc(C(=O)NS(C)(=O)=O)c1. The van der Waals surface area contributed by atoms with E-state index in [0.717, 1.165) is 25.5 Å². The van der Waals surface area contributed by atoms with Gasteiger partial charge in [-0.1, -0.05) is 12.5 Å². The zero-order chi connectivity index (χ0) is 17.3. The lowest BCUT2D eigenvalue weighted by atomic mass is 10.1. The van der Waals surface area contributed by atoms with Gasteiger partial charge in [-0.3, -0.25) is 4.79 Å². The van der Waals surface area contributed by atoms with Crippen molar-refractivity contribution in [1.82, 2.24) is 9.03 Å². The Morgan fingerprint density at radius 2 is 1.91 bits per heavy atom. The van der Waals surface area contributed by atoms with E-state index in [0.29, 0.717) is 6.54 Å². The number of sulfonamides is 2. The van der Waals surface area contributed by atoms with E-state index in [9.17, 15) is 21.6 Å². The molecule has 9 heteroatoms. The van der Waals surface area contributed by atoms with Crippen LogP contribution in [0.3, 0.4) is 0 Å². The van der Waals surface area contributed by atoms with E-state index in [-0.39, 0.29) is 16.5 Å². The van der Waals surface area contributed by atoms with Gasteiger partial charge in [-0.05, 0) is 38.0 Å². The van der Waals surface area contributed by atoms with Gasteiger partial charge < -0.3 is 0 Å². The molecule has 0 spiro atoms.